The molecule has 0 N–H and O–H groups in total. The fourth-order valence-corrected chi connectivity index (χ4v) is 25.5. The molecule has 0 aromatic heterocycles. The summed E-state index contributed by atoms with van der Waals surface area (Å²) in [7, 11) is -1.48. The lowest BCUT2D eigenvalue weighted by molar-refractivity contribution is -0.0639. The van der Waals surface area contributed by atoms with Gasteiger partial charge in [0.1, 0.15) is 0 Å². The Balaban J connectivity index is 9.20. The van der Waals surface area contributed by atoms with E-state index < -0.39 is 7.26 Å². The van der Waals surface area contributed by atoms with Crippen molar-refractivity contribution in [3.8, 4) is 0 Å². The lowest BCUT2D eigenvalue weighted by Crippen LogP contribution is -2.60. The van der Waals surface area contributed by atoms with Crippen LogP contribution in [0.15, 0.2) is 0 Å². The summed E-state index contributed by atoms with van der Waals surface area (Å²) in [6.07, 6.45) is 112. The largest absolute Gasteiger partial charge is 0.0860 e. The van der Waals surface area contributed by atoms with E-state index in [0.29, 0.717) is 16.0 Å². The van der Waals surface area contributed by atoms with Gasteiger partial charge in [-0.2, -0.15) is 0 Å². The molecule has 0 amide bonds. The zero-order valence-corrected chi connectivity index (χ0v) is 65.9. The van der Waals surface area contributed by atoms with Crippen LogP contribution in [0.4, 0.5) is 0 Å². The van der Waals surface area contributed by atoms with Crippen molar-refractivity contribution >= 4 is 7.26 Å². The van der Waals surface area contributed by atoms with Crippen LogP contribution in [0.3, 0.4) is 0 Å². The van der Waals surface area contributed by atoms with E-state index in [9.17, 15) is 0 Å². The number of rotatable bonds is 78. The molecule has 0 spiro atoms. The van der Waals surface area contributed by atoms with Gasteiger partial charge >= 0.3 is 0 Å². The first-order valence-electron chi connectivity index (χ1n) is 43.7. The number of unbranched alkanes of at least 4 members (excludes halogenated alkanes) is 55. The molecule has 0 aliphatic rings. The number of hydrogen-bond donors (Lipinski definition) is 0. The van der Waals surface area contributed by atoms with Crippen LogP contribution in [0.25, 0.3) is 0 Å². The van der Waals surface area contributed by atoms with E-state index in [2.05, 4.69) is 69.2 Å². The maximum absolute atomic E-state index is 2.63. The van der Waals surface area contributed by atoms with Gasteiger partial charge in [0.15, 0.2) is 0 Å². The van der Waals surface area contributed by atoms with Gasteiger partial charge in [0.05, 0.1) is 23.6 Å². The first-order chi connectivity index (χ1) is 43.9. The molecule has 536 valence electrons. The molecule has 0 fully saturated rings. The second-order valence-electron chi connectivity index (χ2n) is 31.4. The number of hydrogen-bond acceptors (Lipinski definition) is 0. The molecule has 0 aliphatic carbocycles. The summed E-state index contributed by atoms with van der Waals surface area (Å²) in [4.78, 5) is 0. The van der Waals surface area contributed by atoms with Crippen LogP contribution in [0.1, 0.15) is 532 Å². The average molecular weight is 1270 g/mol. The maximum atomic E-state index is 2.63. The van der Waals surface area contributed by atoms with Crippen LogP contribution in [-0.2, 0) is 0 Å². The van der Waals surface area contributed by atoms with E-state index in [0.717, 1.165) is 0 Å². The van der Waals surface area contributed by atoms with Gasteiger partial charge in [-0.15, -0.1) is 0 Å². The summed E-state index contributed by atoms with van der Waals surface area (Å²) < 4.78 is 0. The topological polar surface area (TPSA) is 0 Å². The van der Waals surface area contributed by atoms with Crippen LogP contribution < -0.4 is 0 Å². The molecule has 0 aliphatic heterocycles. The molecule has 0 aromatic rings. The lowest BCUT2D eigenvalue weighted by atomic mass is 9.47. The SMILES string of the molecule is CCCCCCCCCCCCCC(CCCCCCCCCC)(CCCCCCCCCC)C(CCCCCCCCCC)(CCCCCCCCCC)C(CCCCCCCCCC)(CCCCCCCCCC)[P+](CCCC)(CCCC)CCCC. The Labute approximate surface area is 570 Å². The fraction of sp³-hybridized carbons (Fsp3) is 1.00. The normalized spacial score (nSPS) is 12.6. The smallest absolute Gasteiger partial charge is 0.0654 e. The maximum Gasteiger partial charge on any atom is 0.0860 e. The molecule has 0 radical (unpaired) electrons. The molecule has 0 nitrogen and oxygen atoms in total. The summed E-state index contributed by atoms with van der Waals surface area (Å²) >= 11 is 0. The second kappa shape index (κ2) is 68.4. The van der Waals surface area contributed by atoms with Crippen LogP contribution >= 0.6 is 7.26 Å². The summed E-state index contributed by atoms with van der Waals surface area (Å²) in [5.74, 6) is 0. The summed E-state index contributed by atoms with van der Waals surface area (Å²) in [5, 5.41) is 0.518. The third kappa shape index (κ3) is 44.1. The van der Waals surface area contributed by atoms with Crippen LogP contribution in [-0.4, -0.2) is 23.6 Å². The first-order valence-corrected chi connectivity index (χ1v) is 46.1. The third-order valence-corrected chi connectivity index (χ3v) is 29.9. The Morgan fingerprint density at radius 2 is 0.292 bits per heavy atom. The van der Waals surface area contributed by atoms with E-state index in [1.807, 2.05) is 0 Å². The highest BCUT2D eigenvalue weighted by molar-refractivity contribution is 7.77. The quantitative estimate of drug-likeness (QED) is 0.0421. The van der Waals surface area contributed by atoms with E-state index in [-0.39, 0.29) is 0 Å². The minimum Gasteiger partial charge on any atom is -0.0654 e. The van der Waals surface area contributed by atoms with Crippen molar-refractivity contribution in [3.05, 3.63) is 0 Å². The highest BCUT2D eigenvalue weighted by atomic mass is 31.2. The standard InChI is InChI=1S/C88H180P/c1-11-21-31-38-45-52-53-54-57-64-71-78-86(76-69-62-55-46-39-32-22-12-2,77-70-63-56-47-40-33-23-13-3)87(79-72-65-58-48-41-34-24-14-4,80-73-66-59-49-42-35-25-15-5)88(81-74-67-60-50-43-36-26-16-6,82-75-68-61-51-44-37-27-17-7)89(83-28-18-8,84-29-19-9)85-30-20-10/h11-85H2,1-10H3/q+1. The minimum absolute atomic E-state index is 0.455. The summed E-state index contributed by atoms with van der Waals surface area (Å²) in [6, 6.07) is 0. The van der Waals surface area contributed by atoms with E-state index in [4.69, 9.17) is 0 Å². The van der Waals surface area contributed by atoms with Gasteiger partial charge < -0.3 is 0 Å². The average Bonchev–Trinajstić information content (AvgIpc) is 0.840. The fourth-order valence-electron chi connectivity index (χ4n) is 18.1. The van der Waals surface area contributed by atoms with Crippen molar-refractivity contribution < 1.29 is 0 Å². The highest BCUT2D eigenvalue weighted by Gasteiger charge is 2.70. The van der Waals surface area contributed by atoms with Crippen molar-refractivity contribution in [1.29, 1.82) is 0 Å². The molecule has 0 heterocycles. The summed E-state index contributed by atoms with van der Waals surface area (Å²) in [5.41, 5.74) is 0.922. The molecule has 0 aromatic carbocycles. The molecule has 0 bridgehead atoms. The Morgan fingerprint density at radius 1 is 0.146 bits per heavy atom. The van der Waals surface area contributed by atoms with Crippen molar-refractivity contribution in [1.82, 2.24) is 0 Å². The molecular formula is C88H180P+. The Bertz CT molecular complexity index is 1230. The summed E-state index contributed by atoms with van der Waals surface area (Å²) in [6.45, 7) is 24.8. The molecule has 89 heavy (non-hydrogen) atoms. The Hall–Kier alpha value is 0.430. The van der Waals surface area contributed by atoms with Gasteiger partial charge in [0.25, 0.3) is 0 Å². The predicted molar refractivity (Wildman–Crippen MR) is 418 cm³/mol. The van der Waals surface area contributed by atoms with Gasteiger partial charge in [-0.1, -0.05) is 454 Å². The van der Waals surface area contributed by atoms with Gasteiger partial charge in [0, 0.05) is 12.7 Å². The van der Waals surface area contributed by atoms with Crippen LogP contribution in [0, 0.1) is 10.8 Å². The van der Waals surface area contributed by atoms with Crippen molar-refractivity contribution in [2.75, 3.05) is 18.5 Å². The van der Waals surface area contributed by atoms with Gasteiger partial charge in [-0.3, -0.25) is 0 Å². The molecule has 0 unspecified atom stereocenters. The molecule has 0 atom stereocenters. The highest BCUT2D eigenvalue weighted by Crippen LogP contribution is 2.83. The van der Waals surface area contributed by atoms with Crippen molar-refractivity contribution in [2.45, 2.75) is 537 Å². The molecule has 1 heteroatoms. The van der Waals surface area contributed by atoms with E-state index >= 15 is 0 Å². The lowest BCUT2D eigenvalue weighted by Gasteiger charge is -2.65. The van der Waals surface area contributed by atoms with Gasteiger partial charge in [0.2, 0.25) is 0 Å². The second-order valence-corrected chi connectivity index (χ2v) is 35.9. The van der Waals surface area contributed by atoms with Crippen LogP contribution in [0.5, 0.6) is 0 Å². The van der Waals surface area contributed by atoms with E-state index in [1.165, 1.54) is 392 Å². The minimum atomic E-state index is -1.48. The Morgan fingerprint density at radius 3 is 0.472 bits per heavy atom. The predicted octanol–water partition coefficient (Wildman–Crippen LogP) is 34.0. The van der Waals surface area contributed by atoms with Crippen LogP contribution in [0.2, 0.25) is 0 Å². The molecule has 0 saturated heterocycles. The first kappa shape index (κ1) is 89.4. The monoisotopic (exact) mass is 1270 g/mol. The van der Waals surface area contributed by atoms with Gasteiger partial charge in [-0.25, -0.2) is 0 Å². The van der Waals surface area contributed by atoms with Crippen molar-refractivity contribution in [3.63, 3.8) is 0 Å². The molecule has 0 rings (SSSR count). The van der Waals surface area contributed by atoms with Crippen molar-refractivity contribution in [2.24, 2.45) is 10.8 Å². The van der Waals surface area contributed by atoms with Gasteiger partial charge in [-0.05, 0) is 82.5 Å². The zero-order valence-electron chi connectivity index (χ0n) is 65.0. The third-order valence-electron chi connectivity index (χ3n) is 23.7. The van der Waals surface area contributed by atoms with E-state index in [1.54, 1.807) is 89.1 Å². The molecule has 0 saturated carbocycles. The molecular weight excluding hydrogens is 1090 g/mol. The Kier molecular flexibility index (Phi) is 68.7. The zero-order chi connectivity index (χ0) is 65.0.